The molecule has 6 nitrogen and oxygen atoms in total. The number of carbonyl (C=O) groups excluding carboxylic acids is 1. The molecule has 3 rings (SSSR count). The molecule has 0 bridgehead atoms. The van der Waals surface area contributed by atoms with Crippen molar-refractivity contribution in [1.29, 1.82) is 0 Å². The molecule has 2 aromatic carbocycles. The third-order valence-electron chi connectivity index (χ3n) is 4.82. The number of halogens is 1. The molecule has 0 atom stereocenters. The quantitative estimate of drug-likeness (QED) is 0.739. The van der Waals surface area contributed by atoms with Crippen LogP contribution in [0.1, 0.15) is 24.8 Å². The SMILES string of the molecule is O=C(CCNS(=O)(=O)c1ccccc1)NC1(c2ccc(F)cc2)CCOCC1. The van der Waals surface area contributed by atoms with E-state index in [2.05, 4.69) is 10.0 Å². The number of ether oxygens (including phenoxy) is 1. The van der Waals surface area contributed by atoms with Gasteiger partial charge >= 0.3 is 0 Å². The average Bonchev–Trinajstić information content (AvgIpc) is 2.69. The lowest BCUT2D eigenvalue weighted by Gasteiger charge is -2.38. The predicted octanol–water partition coefficient (Wildman–Crippen LogP) is 2.32. The van der Waals surface area contributed by atoms with Gasteiger partial charge in [-0.2, -0.15) is 0 Å². The van der Waals surface area contributed by atoms with Gasteiger partial charge in [0.05, 0.1) is 10.4 Å². The third kappa shape index (κ3) is 4.95. The van der Waals surface area contributed by atoms with E-state index in [9.17, 15) is 17.6 Å². The van der Waals surface area contributed by atoms with E-state index in [1.807, 2.05) is 0 Å². The van der Waals surface area contributed by atoms with Crippen molar-refractivity contribution in [1.82, 2.24) is 10.0 Å². The largest absolute Gasteiger partial charge is 0.381 e. The number of amides is 1. The first-order valence-electron chi connectivity index (χ1n) is 9.11. The summed E-state index contributed by atoms with van der Waals surface area (Å²) in [7, 11) is -3.65. The average molecular weight is 406 g/mol. The molecular weight excluding hydrogens is 383 g/mol. The Labute approximate surface area is 164 Å². The summed E-state index contributed by atoms with van der Waals surface area (Å²) in [5.41, 5.74) is 0.178. The molecule has 28 heavy (non-hydrogen) atoms. The van der Waals surface area contributed by atoms with E-state index in [-0.39, 0.29) is 29.6 Å². The molecule has 1 amide bonds. The summed E-state index contributed by atoms with van der Waals surface area (Å²) in [6.07, 6.45) is 1.14. The molecule has 1 fully saturated rings. The Morgan fingerprint density at radius 2 is 1.68 bits per heavy atom. The zero-order valence-electron chi connectivity index (χ0n) is 15.4. The smallest absolute Gasteiger partial charge is 0.240 e. The number of carbonyl (C=O) groups is 1. The first kappa shape index (κ1) is 20.4. The number of hydrogen-bond acceptors (Lipinski definition) is 4. The van der Waals surface area contributed by atoms with E-state index in [1.54, 1.807) is 30.3 Å². The van der Waals surface area contributed by atoms with Gasteiger partial charge < -0.3 is 10.1 Å². The Bertz CT molecular complexity index is 896. The number of nitrogens with one attached hydrogen (secondary N) is 2. The summed E-state index contributed by atoms with van der Waals surface area (Å²) < 4.78 is 45.6. The van der Waals surface area contributed by atoms with Gasteiger partial charge in [0.1, 0.15) is 5.82 Å². The number of sulfonamides is 1. The Balaban J connectivity index is 1.62. The minimum atomic E-state index is -3.65. The molecule has 1 aliphatic heterocycles. The molecule has 0 aliphatic carbocycles. The molecule has 150 valence electrons. The van der Waals surface area contributed by atoms with Crippen LogP contribution in [0, 0.1) is 5.82 Å². The Morgan fingerprint density at radius 3 is 2.32 bits per heavy atom. The van der Waals surface area contributed by atoms with Crippen molar-refractivity contribution in [3.05, 3.63) is 66.0 Å². The molecule has 1 saturated heterocycles. The van der Waals surface area contributed by atoms with Gasteiger partial charge in [-0.3, -0.25) is 4.79 Å². The summed E-state index contributed by atoms with van der Waals surface area (Å²) in [5, 5.41) is 3.02. The van der Waals surface area contributed by atoms with E-state index >= 15 is 0 Å². The van der Waals surface area contributed by atoms with E-state index in [4.69, 9.17) is 4.74 Å². The maximum absolute atomic E-state index is 13.3. The van der Waals surface area contributed by atoms with Crippen LogP contribution in [0.3, 0.4) is 0 Å². The summed E-state index contributed by atoms with van der Waals surface area (Å²) in [4.78, 5) is 12.7. The molecule has 8 heteroatoms. The maximum atomic E-state index is 13.3. The zero-order valence-corrected chi connectivity index (χ0v) is 16.2. The van der Waals surface area contributed by atoms with Gasteiger partial charge in [0.2, 0.25) is 15.9 Å². The highest BCUT2D eigenvalue weighted by molar-refractivity contribution is 7.89. The fourth-order valence-corrected chi connectivity index (χ4v) is 4.34. The van der Waals surface area contributed by atoms with Gasteiger partial charge in [-0.05, 0) is 42.7 Å². The first-order valence-corrected chi connectivity index (χ1v) is 10.6. The molecule has 1 heterocycles. The van der Waals surface area contributed by atoms with Crippen molar-refractivity contribution in [2.24, 2.45) is 0 Å². The van der Waals surface area contributed by atoms with Crippen LogP contribution in [0.4, 0.5) is 4.39 Å². The minimum Gasteiger partial charge on any atom is -0.381 e. The van der Waals surface area contributed by atoms with Crippen molar-refractivity contribution in [3.63, 3.8) is 0 Å². The fourth-order valence-electron chi connectivity index (χ4n) is 3.29. The summed E-state index contributed by atoms with van der Waals surface area (Å²) >= 11 is 0. The van der Waals surface area contributed by atoms with Gasteiger partial charge in [0.25, 0.3) is 0 Å². The summed E-state index contributed by atoms with van der Waals surface area (Å²) in [6.45, 7) is 0.954. The summed E-state index contributed by atoms with van der Waals surface area (Å²) in [5.74, 6) is -0.616. The summed E-state index contributed by atoms with van der Waals surface area (Å²) in [6, 6.07) is 14.1. The zero-order chi connectivity index (χ0) is 20.0. The minimum absolute atomic E-state index is 0.00410. The van der Waals surface area contributed by atoms with Crippen LogP contribution in [0.25, 0.3) is 0 Å². The second kappa shape index (κ2) is 8.81. The number of benzene rings is 2. The normalized spacial score (nSPS) is 16.5. The molecule has 0 saturated carbocycles. The monoisotopic (exact) mass is 406 g/mol. The van der Waals surface area contributed by atoms with Gasteiger partial charge in [-0.1, -0.05) is 30.3 Å². The molecule has 0 unspecified atom stereocenters. The first-order chi connectivity index (χ1) is 13.4. The highest BCUT2D eigenvalue weighted by atomic mass is 32.2. The molecule has 0 spiro atoms. The molecular formula is C20H23FN2O4S. The van der Waals surface area contributed by atoms with E-state index < -0.39 is 15.6 Å². The van der Waals surface area contributed by atoms with E-state index in [0.29, 0.717) is 26.1 Å². The van der Waals surface area contributed by atoms with Crippen molar-refractivity contribution >= 4 is 15.9 Å². The van der Waals surface area contributed by atoms with Crippen molar-refractivity contribution in [3.8, 4) is 0 Å². The van der Waals surface area contributed by atoms with Crippen LogP contribution >= 0.6 is 0 Å². The maximum Gasteiger partial charge on any atom is 0.240 e. The Kier molecular flexibility index (Phi) is 6.43. The predicted molar refractivity (Wildman–Crippen MR) is 103 cm³/mol. The highest BCUT2D eigenvalue weighted by Crippen LogP contribution is 2.32. The van der Waals surface area contributed by atoms with Gasteiger partial charge in [-0.15, -0.1) is 0 Å². The second-order valence-corrected chi connectivity index (χ2v) is 8.48. The van der Waals surface area contributed by atoms with Crippen LogP contribution in [0.2, 0.25) is 0 Å². The standard InChI is InChI=1S/C20H23FN2O4S/c21-17-8-6-16(7-9-17)20(11-14-27-15-12-20)23-19(24)10-13-22-28(25,26)18-4-2-1-3-5-18/h1-9,22H,10-15H2,(H,23,24). The number of rotatable bonds is 7. The van der Waals surface area contributed by atoms with Gasteiger partial charge in [-0.25, -0.2) is 17.5 Å². The lowest BCUT2D eigenvalue weighted by atomic mass is 9.82. The topological polar surface area (TPSA) is 84.5 Å². The molecule has 2 N–H and O–H groups in total. The van der Waals surface area contributed by atoms with Crippen molar-refractivity contribution in [2.75, 3.05) is 19.8 Å². The Morgan fingerprint density at radius 1 is 1.04 bits per heavy atom. The lowest BCUT2D eigenvalue weighted by molar-refractivity contribution is -0.124. The molecule has 1 aliphatic rings. The van der Waals surface area contributed by atoms with Gasteiger partial charge in [0.15, 0.2) is 0 Å². The van der Waals surface area contributed by atoms with Crippen LogP contribution in [-0.4, -0.2) is 34.1 Å². The lowest BCUT2D eigenvalue weighted by Crippen LogP contribution is -2.50. The van der Waals surface area contributed by atoms with Crippen molar-refractivity contribution < 1.29 is 22.3 Å². The Hall–Kier alpha value is -2.29. The van der Waals surface area contributed by atoms with Crippen LogP contribution in [0.15, 0.2) is 59.5 Å². The van der Waals surface area contributed by atoms with Crippen molar-refractivity contribution in [2.45, 2.75) is 29.7 Å². The van der Waals surface area contributed by atoms with Crippen LogP contribution in [-0.2, 0) is 25.1 Å². The van der Waals surface area contributed by atoms with E-state index in [1.165, 1.54) is 24.3 Å². The highest BCUT2D eigenvalue weighted by Gasteiger charge is 2.35. The van der Waals surface area contributed by atoms with Gasteiger partial charge in [0, 0.05) is 26.2 Å². The fraction of sp³-hybridized carbons (Fsp3) is 0.350. The van der Waals surface area contributed by atoms with Crippen LogP contribution in [0.5, 0.6) is 0 Å². The third-order valence-corrected chi connectivity index (χ3v) is 6.30. The molecule has 0 radical (unpaired) electrons. The molecule has 0 aromatic heterocycles. The molecule has 2 aromatic rings. The van der Waals surface area contributed by atoms with E-state index in [0.717, 1.165) is 5.56 Å². The number of hydrogen-bond donors (Lipinski definition) is 2. The van der Waals surface area contributed by atoms with Crippen LogP contribution < -0.4 is 10.0 Å². The second-order valence-electron chi connectivity index (χ2n) is 6.71.